The summed E-state index contributed by atoms with van der Waals surface area (Å²) < 4.78 is 0. The molecule has 1 aromatic carbocycles. The third-order valence-electron chi connectivity index (χ3n) is 2.10. The summed E-state index contributed by atoms with van der Waals surface area (Å²) in [5.41, 5.74) is 9.11. The second-order valence-corrected chi connectivity index (χ2v) is 4.08. The number of carbonyl (C=O) groups is 1. The monoisotopic (exact) mass is 221 g/mol. The van der Waals surface area contributed by atoms with E-state index >= 15 is 0 Å². The summed E-state index contributed by atoms with van der Waals surface area (Å²) in [7, 11) is 0. The van der Waals surface area contributed by atoms with Crippen molar-refractivity contribution in [2.75, 3.05) is 0 Å². The number of benzene rings is 1. The maximum absolute atomic E-state index is 8.00. The van der Waals surface area contributed by atoms with Gasteiger partial charge in [0.05, 0.1) is 0 Å². The third kappa shape index (κ3) is 4.89. The molecular formula is C14H23NO. The SMILES string of the molecule is C.C=C(C)c1cccc(C(C)(C)N)c1.C=O. The predicted molar refractivity (Wildman–Crippen MR) is 72.2 cm³/mol. The van der Waals surface area contributed by atoms with Crippen molar-refractivity contribution in [1.82, 2.24) is 0 Å². The highest BCUT2D eigenvalue weighted by Crippen LogP contribution is 2.20. The van der Waals surface area contributed by atoms with Gasteiger partial charge in [0.15, 0.2) is 0 Å². The highest BCUT2D eigenvalue weighted by atomic mass is 16.1. The van der Waals surface area contributed by atoms with Crippen LogP contribution in [0.3, 0.4) is 0 Å². The average Bonchev–Trinajstić information content (AvgIpc) is 2.20. The Hall–Kier alpha value is -1.41. The van der Waals surface area contributed by atoms with Crippen LogP contribution < -0.4 is 5.73 Å². The summed E-state index contributed by atoms with van der Waals surface area (Å²) in [5, 5.41) is 0. The Labute approximate surface area is 99.2 Å². The van der Waals surface area contributed by atoms with E-state index in [0.29, 0.717) is 0 Å². The second-order valence-electron chi connectivity index (χ2n) is 4.08. The first kappa shape index (κ1) is 17.0. The molecule has 0 atom stereocenters. The highest BCUT2D eigenvalue weighted by Gasteiger charge is 2.13. The summed E-state index contributed by atoms with van der Waals surface area (Å²) in [5.74, 6) is 0. The molecule has 0 bridgehead atoms. The van der Waals surface area contributed by atoms with Gasteiger partial charge in [-0.25, -0.2) is 0 Å². The van der Waals surface area contributed by atoms with Gasteiger partial charge in [0.1, 0.15) is 6.79 Å². The lowest BCUT2D eigenvalue weighted by molar-refractivity contribution is -0.0979. The van der Waals surface area contributed by atoms with Gasteiger partial charge in [0.2, 0.25) is 0 Å². The van der Waals surface area contributed by atoms with Gasteiger partial charge in [-0.05, 0) is 38.0 Å². The molecule has 0 spiro atoms. The standard InChI is InChI=1S/C12H17N.CH2O.CH4/c1-9(2)10-6-5-7-11(8-10)12(3,4)13;1-2;/h5-8H,1,13H2,2-4H3;1H2;1H4. The molecule has 0 aliphatic carbocycles. The van der Waals surface area contributed by atoms with Crippen molar-refractivity contribution in [2.45, 2.75) is 33.7 Å². The fourth-order valence-electron chi connectivity index (χ4n) is 1.19. The topological polar surface area (TPSA) is 43.1 Å². The summed E-state index contributed by atoms with van der Waals surface area (Å²) in [6, 6.07) is 8.22. The molecule has 0 aliphatic rings. The molecule has 2 heteroatoms. The third-order valence-corrected chi connectivity index (χ3v) is 2.10. The van der Waals surface area contributed by atoms with Crippen molar-refractivity contribution in [1.29, 1.82) is 0 Å². The van der Waals surface area contributed by atoms with E-state index in [1.54, 1.807) is 0 Å². The fourth-order valence-corrected chi connectivity index (χ4v) is 1.19. The van der Waals surface area contributed by atoms with Crippen molar-refractivity contribution in [2.24, 2.45) is 5.73 Å². The van der Waals surface area contributed by atoms with Crippen LogP contribution in [0.1, 0.15) is 39.3 Å². The molecule has 0 amide bonds. The van der Waals surface area contributed by atoms with Crippen LogP contribution in [-0.2, 0) is 10.3 Å². The van der Waals surface area contributed by atoms with Gasteiger partial charge in [-0.1, -0.05) is 37.8 Å². The molecular weight excluding hydrogens is 198 g/mol. The molecule has 0 heterocycles. The molecule has 0 aromatic heterocycles. The lowest BCUT2D eigenvalue weighted by atomic mass is 9.93. The maximum atomic E-state index is 8.00. The first-order valence-electron chi connectivity index (χ1n) is 4.75. The van der Waals surface area contributed by atoms with E-state index in [1.165, 1.54) is 0 Å². The number of allylic oxidation sites excluding steroid dienone is 1. The Bertz CT molecular complexity index is 337. The van der Waals surface area contributed by atoms with Gasteiger partial charge >= 0.3 is 0 Å². The normalized spacial score (nSPS) is 9.50. The van der Waals surface area contributed by atoms with Crippen LogP contribution in [0.25, 0.3) is 5.57 Å². The van der Waals surface area contributed by atoms with Crippen LogP contribution in [0.4, 0.5) is 0 Å². The number of rotatable bonds is 2. The van der Waals surface area contributed by atoms with E-state index in [4.69, 9.17) is 10.5 Å². The van der Waals surface area contributed by atoms with E-state index in [9.17, 15) is 0 Å². The fraction of sp³-hybridized carbons (Fsp3) is 0.357. The summed E-state index contributed by atoms with van der Waals surface area (Å²) in [4.78, 5) is 8.00. The van der Waals surface area contributed by atoms with E-state index < -0.39 is 0 Å². The van der Waals surface area contributed by atoms with Gasteiger partial charge < -0.3 is 10.5 Å². The molecule has 0 aliphatic heterocycles. The Morgan fingerprint density at radius 1 is 1.31 bits per heavy atom. The molecule has 1 aromatic rings. The maximum Gasteiger partial charge on any atom is 0.106 e. The molecule has 90 valence electrons. The molecule has 0 unspecified atom stereocenters. The van der Waals surface area contributed by atoms with E-state index in [0.717, 1.165) is 16.7 Å². The van der Waals surface area contributed by atoms with Crippen LogP contribution in [0.2, 0.25) is 0 Å². The highest BCUT2D eigenvalue weighted by molar-refractivity contribution is 5.62. The zero-order valence-corrected chi connectivity index (χ0v) is 9.71. The van der Waals surface area contributed by atoms with E-state index in [-0.39, 0.29) is 13.0 Å². The average molecular weight is 221 g/mol. The minimum absolute atomic E-state index is 0. The van der Waals surface area contributed by atoms with Crippen molar-refractivity contribution in [3.8, 4) is 0 Å². The molecule has 2 N–H and O–H groups in total. The predicted octanol–water partition coefficient (Wildman–Crippen LogP) is 3.36. The van der Waals surface area contributed by atoms with E-state index in [1.807, 2.05) is 39.7 Å². The molecule has 1 rings (SSSR count). The summed E-state index contributed by atoms with van der Waals surface area (Å²) in [6.07, 6.45) is 0. The minimum Gasteiger partial charge on any atom is -0.322 e. The van der Waals surface area contributed by atoms with Crippen molar-refractivity contribution in [3.63, 3.8) is 0 Å². The molecule has 0 saturated carbocycles. The van der Waals surface area contributed by atoms with Gasteiger partial charge in [-0.2, -0.15) is 0 Å². The van der Waals surface area contributed by atoms with Crippen LogP contribution >= 0.6 is 0 Å². The number of nitrogens with two attached hydrogens (primary N) is 1. The molecule has 2 nitrogen and oxygen atoms in total. The summed E-state index contributed by atoms with van der Waals surface area (Å²) in [6.45, 7) is 11.9. The zero-order chi connectivity index (χ0) is 12.1. The van der Waals surface area contributed by atoms with Gasteiger partial charge in [-0.3, -0.25) is 0 Å². The molecule has 0 saturated heterocycles. The van der Waals surface area contributed by atoms with Gasteiger partial charge in [0, 0.05) is 5.54 Å². The van der Waals surface area contributed by atoms with Gasteiger partial charge in [-0.15, -0.1) is 0 Å². The zero-order valence-electron chi connectivity index (χ0n) is 9.71. The first-order valence-corrected chi connectivity index (χ1v) is 4.75. The van der Waals surface area contributed by atoms with Crippen LogP contribution in [0.15, 0.2) is 30.8 Å². The van der Waals surface area contributed by atoms with Crippen LogP contribution in [0, 0.1) is 0 Å². The minimum atomic E-state index is -0.272. The number of carbonyl (C=O) groups excluding carboxylic acids is 1. The Balaban J connectivity index is 0. The Kier molecular flexibility index (Phi) is 7.40. The van der Waals surface area contributed by atoms with Crippen LogP contribution in [-0.4, -0.2) is 6.79 Å². The van der Waals surface area contributed by atoms with Gasteiger partial charge in [0.25, 0.3) is 0 Å². The Morgan fingerprint density at radius 2 is 1.81 bits per heavy atom. The number of hydrogen-bond acceptors (Lipinski definition) is 2. The number of hydrogen-bond donors (Lipinski definition) is 1. The van der Waals surface area contributed by atoms with Crippen molar-refractivity contribution >= 4 is 12.4 Å². The van der Waals surface area contributed by atoms with Crippen LogP contribution in [0.5, 0.6) is 0 Å². The summed E-state index contributed by atoms with van der Waals surface area (Å²) >= 11 is 0. The second kappa shape index (κ2) is 6.96. The smallest absolute Gasteiger partial charge is 0.106 e. The van der Waals surface area contributed by atoms with Crippen molar-refractivity contribution < 1.29 is 4.79 Å². The molecule has 0 fully saturated rings. The van der Waals surface area contributed by atoms with E-state index in [2.05, 4.69) is 18.7 Å². The lowest BCUT2D eigenvalue weighted by Gasteiger charge is -2.19. The first-order chi connectivity index (χ1) is 6.91. The molecule has 0 radical (unpaired) electrons. The lowest BCUT2D eigenvalue weighted by Crippen LogP contribution is -2.28. The molecule has 16 heavy (non-hydrogen) atoms. The Morgan fingerprint density at radius 3 is 2.19 bits per heavy atom. The quantitative estimate of drug-likeness (QED) is 0.832. The largest absolute Gasteiger partial charge is 0.322 e. The van der Waals surface area contributed by atoms with Crippen molar-refractivity contribution in [3.05, 3.63) is 42.0 Å².